The van der Waals surface area contributed by atoms with E-state index in [1.165, 1.54) is 24.2 Å². The van der Waals surface area contributed by atoms with E-state index >= 15 is 0 Å². The predicted molar refractivity (Wildman–Crippen MR) is 63.2 cm³/mol. The number of rotatable bonds is 2. The maximum absolute atomic E-state index is 5.72. The van der Waals surface area contributed by atoms with Gasteiger partial charge in [0.1, 0.15) is 0 Å². The maximum atomic E-state index is 5.72. The molecule has 0 bridgehead atoms. The molecule has 2 heteroatoms. The average Bonchev–Trinajstić information content (AvgIpc) is 2.91. The lowest BCUT2D eigenvalue weighted by Crippen LogP contribution is -2.22. The summed E-state index contributed by atoms with van der Waals surface area (Å²) in [5, 5.41) is 0.757. The summed E-state index contributed by atoms with van der Waals surface area (Å²) in [5.74, 6) is 0. The summed E-state index contributed by atoms with van der Waals surface area (Å²) in [6.07, 6.45) is 4.32. The summed E-state index contributed by atoms with van der Waals surface area (Å²) in [6.45, 7) is 2.25. The largest absolute Gasteiger partial charge is 0.366 e. The van der Waals surface area contributed by atoms with E-state index in [2.05, 4.69) is 37.3 Å². The molecule has 1 unspecified atom stereocenters. The number of hydrogen-bond donors (Lipinski definition) is 0. The first-order valence-corrected chi connectivity index (χ1v) is 6.54. The Kier molecular flexibility index (Phi) is 2.29. The highest BCUT2D eigenvalue weighted by Gasteiger charge is 2.55. The van der Waals surface area contributed by atoms with Crippen molar-refractivity contribution in [2.75, 3.05) is 0 Å². The summed E-state index contributed by atoms with van der Waals surface area (Å²) in [6, 6.07) is 10.7. The highest BCUT2D eigenvalue weighted by Crippen LogP contribution is 2.50. The molecular weight excluding hydrogens is 204 g/mol. The molecule has 2 fully saturated rings. The lowest BCUT2D eigenvalue weighted by atomic mass is 9.90. The minimum atomic E-state index is 0.258. The van der Waals surface area contributed by atoms with E-state index in [0.29, 0.717) is 6.10 Å². The number of ether oxygens (including phenoxy) is 1. The minimum Gasteiger partial charge on any atom is -0.366 e. The van der Waals surface area contributed by atoms with Crippen LogP contribution in [0, 0.1) is 0 Å². The van der Waals surface area contributed by atoms with E-state index in [1.807, 2.05) is 11.8 Å². The number of benzene rings is 1. The van der Waals surface area contributed by atoms with Gasteiger partial charge in [0.2, 0.25) is 0 Å². The van der Waals surface area contributed by atoms with Crippen LogP contribution in [0.5, 0.6) is 0 Å². The van der Waals surface area contributed by atoms with Crippen LogP contribution in [0.1, 0.15) is 26.2 Å². The Bertz CT molecular complexity index is 351. The third kappa shape index (κ3) is 1.93. The van der Waals surface area contributed by atoms with Crippen molar-refractivity contribution in [2.45, 2.75) is 48.0 Å². The van der Waals surface area contributed by atoms with Crippen LogP contribution in [0.15, 0.2) is 35.2 Å². The summed E-state index contributed by atoms with van der Waals surface area (Å²) in [5.41, 5.74) is 0.258. The third-order valence-electron chi connectivity index (χ3n) is 3.52. The Morgan fingerprint density at radius 3 is 2.87 bits per heavy atom. The van der Waals surface area contributed by atoms with Gasteiger partial charge >= 0.3 is 0 Å². The van der Waals surface area contributed by atoms with Gasteiger partial charge in [0, 0.05) is 10.1 Å². The van der Waals surface area contributed by atoms with Crippen LogP contribution in [-0.4, -0.2) is 17.0 Å². The zero-order valence-corrected chi connectivity index (χ0v) is 9.80. The van der Waals surface area contributed by atoms with Crippen LogP contribution in [0.3, 0.4) is 0 Å². The van der Waals surface area contributed by atoms with Gasteiger partial charge in [-0.05, 0) is 38.3 Å². The molecule has 2 aliphatic rings. The lowest BCUT2D eigenvalue weighted by Gasteiger charge is -2.21. The van der Waals surface area contributed by atoms with Crippen molar-refractivity contribution in [2.24, 2.45) is 0 Å². The van der Waals surface area contributed by atoms with Crippen LogP contribution in [0.4, 0.5) is 0 Å². The van der Waals surface area contributed by atoms with Gasteiger partial charge in [0.05, 0.1) is 11.7 Å². The zero-order valence-electron chi connectivity index (χ0n) is 8.98. The van der Waals surface area contributed by atoms with E-state index in [0.717, 1.165) is 5.25 Å². The average molecular weight is 220 g/mol. The summed E-state index contributed by atoms with van der Waals surface area (Å²) >= 11 is 2.01. The molecule has 1 saturated carbocycles. The molecule has 0 radical (unpaired) electrons. The lowest BCUT2D eigenvalue weighted by molar-refractivity contribution is 0.304. The van der Waals surface area contributed by atoms with Crippen molar-refractivity contribution < 1.29 is 4.74 Å². The van der Waals surface area contributed by atoms with Crippen LogP contribution in [0.2, 0.25) is 0 Å². The van der Waals surface area contributed by atoms with Crippen molar-refractivity contribution >= 4 is 11.8 Å². The number of thioether (sulfide) groups is 1. The molecule has 0 amide bonds. The van der Waals surface area contributed by atoms with Gasteiger partial charge in [-0.3, -0.25) is 0 Å². The Labute approximate surface area is 95.2 Å². The van der Waals surface area contributed by atoms with Crippen LogP contribution in [0.25, 0.3) is 0 Å². The van der Waals surface area contributed by atoms with Crippen molar-refractivity contribution in [1.82, 2.24) is 0 Å². The smallest absolute Gasteiger partial charge is 0.0921 e. The van der Waals surface area contributed by atoms with Crippen LogP contribution in [-0.2, 0) is 4.74 Å². The molecule has 1 nitrogen and oxygen atoms in total. The second-order valence-corrected chi connectivity index (χ2v) is 6.12. The Morgan fingerprint density at radius 2 is 2.13 bits per heavy atom. The highest BCUT2D eigenvalue weighted by molar-refractivity contribution is 8.00. The quantitative estimate of drug-likeness (QED) is 0.707. The molecular formula is C13H16OS. The summed E-state index contributed by atoms with van der Waals surface area (Å²) in [4.78, 5) is 1.40. The normalized spacial score (nSPS) is 38.5. The second-order valence-electron chi connectivity index (χ2n) is 4.75. The third-order valence-corrected chi connectivity index (χ3v) is 4.83. The molecule has 1 aromatic rings. The van der Waals surface area contributed by atoms with Crippen molar-refractivity contribution in [3.05, 3.63) is 30.3 Å². The monoisotopic (exact) mass is 220 g/mol. The van der Waals surface area contributed by atoms with Gasteiger partial charge in [-0.1, -0.05) is 18.2 Å². The number of hydrogen-bond acceptors (Lipinski definition) is 2. The van der Waals surface area contributed by atoms with Gasteiger partial charge < -0.3 is 4.74 Å². The molecule has 1 aliphatic carbocycles. The fraction of sp³-hybridized carbons (Fsp3) is 0.538. The zero-order chi connectivity index (χ0) is 10.3. The van der Waals surface area contributed by atoms with E-state index in [1.54, 1.807) is 0 Å². The SMILES string of the molecule is C[C@]12CCC(Sc3ccccc3)C[C@H]1O2. The molecule has 80 valence electrons. The van der Waals surface area contributed by atoms with Gasteiger partial charge in [-0.25, -0.2) is 0 Å². The van der Waals surface area contributed by atoms with E-state index in [-0.39, 0.29) is 5.60 Å². The first kappa shape index (κ1) is 9.73. The molecule has 3 atom stereocenters. The minimum absolute atomic E-state index is 0.258. The van der Waals surface area contributed by atoms with E-state index in [4.69, 9.17) is 4.74 Å². The predicted octanol–water partition coefficient (Wildman–Crippen LogP) is 3.49. The Morgan fingerprint density at radius 1 is 1.33 bits per heavy atom. The summed E-state index contributed by atoms with van der Waals surface area (Å²) in [7, 11) is 0. The molecule has 1 saturated heterocycles. The molecule has 1 heterocycles. The molecule has 15 heavy (non-hydrogen) atoms. The second kappa shape index (κ2) is 3.53. The Balaban J connectivity index is 1.61. The van der Waals surface area contributed by atoms with Crippen molar-refractivity contribution in [3.8, 4) is 0 Å². The fourth-order valence-electron chi connectivity index (χ4n) is 2.41. The van der Waals surface area contributed by atoms with E-state index in [9.17, 15) is 0 Å². The molecule has 0 aromatic heterocycles. The van der Waals surface area contributed by atoms with Gasteiger partial charge in [-0.15, -0.1) is 11.8 Å². The first-order chi connectivity index (χ1) is 7.26. The standard InChI is InChI=1S/C13H16OS/c1-13-8-7-11(9-12(13)14-13)15-10-5-3-2-4-6-10/h2-6,11-12H,7-9H2,1H3/t11?,12-,13+/m1/s1. The van der Waals surface area contributed by atoms with Gasteiger partial charge in [0.25, 0.3) is 0 Å². The maximum Gasteiger partial charge on any atom is 0.0921 e. The molecule has 0 N–H and O–H groups in total. The van der Waals surface area contributed by atoms with Gasteiger partial charge in [0.15, 0.2) is 0 Å². The van der Waals surface area contributed by atoms with Crippen LogP contribution < -0.4 is 0 Å². The molecule has 3 rings (SSSR count). The van der Waals surface area contributed by atoms with E-state index < -0.39 is 0 Å². The van der Waals surface area contributed by atoms with Crippen molar-refractivity contribution in [3.63, 3.8) is 0 Å². The van der Waals surface area contributed by atoms with Crippen LogP contribution >= 0.6 is 11.8 Å². The molecule has 0 spiro atoms. The highest BCUT2D eigenvalue weighted by atomic mass is 32.2. The fourth-order valence-corrected chi connectivity index (χ4v) is 3.62. The molecule has 1 aliphatic heterocycles. The first-order valence-electron chi connectivity index (χ1n) is 5.66. The topological polar surface area (TPSA) is 12.5 Å². The van der Waals surface area contributed by atoms with Crippen molar-refractivity contribution in [1.29, 1.82) is 0 Å². The number of epoxide rings is 1. The Hall–Kier alpha value is -0.470. The molecule has 1 aromatic carbocycles. The van der Waals surface area contributed by atoms with Gasteiger partial charge in [-0.2, -0.15) is 0 Å². The number of fused-ring (bicyclic) bond motifs is 1. The summed E-state index contributed by atoms with van der Waals surface area (Å²) < 4.78 is 5.72.